The minimum absolute atomic E-state index is 0.137. The summed E-state index contributed by atoms with van der Waals surface area (Å²) in [7, 11) is 0. The van der Waals surface area contributed by atoms with Crippen molar-refractivity contribution in [2.75, 3.05) is 11.1 Å². The van der Waals surface area contributed by atoms with Crippen LogP contribution in [0.25, 0.3) is 0 Å². The van der Waals surface area contributed by atoms with Crippen molar-refractivity contribution >= 4 is 92.7 Å². The lowest BCUT2D eigenvalue weighted by atomic mass is 9.98. The SMILES string of the molecule is Cc1cc(N)ccc1CC(=O)c1cc(NC(=O)C2C(c3cc(Cl)c(Cl)c(Cl)c3)C2(Cl)Cl)ccc1Cl. The van der Waals surface area contributed by atoms with Crippen molar-refractivity contribution in [2.45, 2.75) is 23.6 Å². The molecule has 3 aromatic rings. The second-order valence-corrected chi connectivity index (χ2v) is 11.4. The van der Waals surface area contributed by atoms with Crippen molar-refractivity contribution in [3.05, 3.63) is 90.9 Å². The molecule has 2 atom stereocenters. The zero-order chi connectivity index (χ0) is 25.7. The summed E-state index contributed by atoms with van der Waals surface area (Å²) >= 11 is 37.4. The number of alkyl halides is 2. The van der Waals surface area contributed by atoms with Gasteiger partial charge in [-0.05, 0) is 66.1 Å². The smallest absolute Gasteiger partial charge is 0.231 e. The van der Waals surface area contributed by atoms with Crippen molar-refractivity contribution in [1.82, 2.24) is 0 Å². The third-order valence-corrected chi connectivity index (χ3v) is 8.42. The Morgan fingerprint density at radius 2 is 1.60 bits per heavy atom. The minimum atomic E-state index is -1.36. The summed E-state index contributed by atoms with van der Waals surface area (Å²) < 4.78 is -1.36. The maximum absolute atomic E-state index is 13.0. The largest absolute Gasteiger partial charge is 0.399 e. The molecule has 4 nitrogen and oxygen atoms in total. The number of amides is 1. The average Bonchev–Trinajstić information content (AvgIpc) is 3.37. The van der Waals surface area contributed by atoms with E-state index in [0.29, 0.717) is 16.9 Å². The number of ketones is 1. The molecule has 0 radical (unpaired) electrons. The van der Waals surface area contributed by atoms with E-state index in [1.54, 1.807) is 36.4 Å². The van der Waals surface area contributed by atoms with Gasteiger partial charge in [0.2, 0.25) is 5.91 Å². The van der Waals surface area contributed by atoms with Gasteiger partial charge in [-0.2, -0.15) is 0 Å². The third kappa shape index (κ3) is 5.39. The van der Waals surface area contributed by atoms with Gasteiger partial charge in [-0.3, -0.25) is 9.59 Å². The minimum Gasteiger partial charge on any atom is -0.399 e. The molecule has 1 fully saturated rings. The van der Waals surface area contributed by atoms with Gasteiger partial charge >= 0.3 is 0 Å². The predicted molar refractivity (Wildman–Crippen MR) is 146 cm³/mol. The van der Waals surface area contributed by atoms with E-state index in [1.165, 1.54) is 6.07 Å². The summed E-state index contributed by atoms with van der Waals surface area (Å²) in [5.41, 5.74) is 9.43. The summed E-state index contributed by atoms with van der Waals surface area (Å²) in [6.45, 7) is 1.88. The maximum atomic E-state index is 13.0. The third-order valence-electron chi connectivity index (χ3n) is 5.95. The molecule has 10 heteroatoms. The number of hydrogen-bond donors (Lipinski definition) is 2. The molecule has 0 saturated heterocycles. The molecular formula is C25H18Cl6N2O2. The van der Waals surface area contributed by atoms with Crippen LogP contribution in [0, 0.1) is 12.8 Å². The second kappa shape index (κ2) is 10.0. The van der Waals surface area contributed by atoms with E-state index in [4.69, 9.17) is 75.3 Å². The zero-order valence-electron chi connectivity index (χ0n) is 18.1. The van der Waals surface area contributed by atoms with E-state index in [2.05, 4.69) is 5.32 Å². The molecule has 0 spiro atoms. The van der Waals surface area contributed by atoms with Crippen molar-refractivity contribution in [3.8, 4) is 0 Å². The van der Waals surface area contributed by atoms with Crippen LogP contribution in [0.3, 0.4) is 0 Å². The number of anilines is 2. The monoisotopic (exact) mass is 588 g/mol. The van der Waals surface area contributed by atoms with Crippen molar-refractivity contribution in [1.29, 1.82) is 0 Å². The Hall–Kier alpha value is -1.66. The molecule has 1 aliphatic carbocycles. The molecule has 3 N–H and O–H groups in total. The van der Waals surface area contributed by atoms with Crippen LogP contribution >= 0.6 is 69.6 Å². The summed E-state index contributed by atoms with van der Waals surface area (Å²) in [5.74, 6) is -1.93. The van der Waals surface area contributed by atoms with Gasteiger partial charge in [-0.25, -0.2) is 0 Å². The summed E-state index contributed by atoms with van der Waals surface area (Å²) in [6, 6.07) is 13.2. The van der Waals surface area contributed by atoms with Crippen LogP contribution in [-0.4, -0.2) is 16.0 Å². The van der Waals surface area contributed by atoms with E-state index in [9.17, 15) is 9.59 Å². The number of Topliss-reactive ketones (excluding diaryl/α,β-unsaturated/α-hetero) is 1. The van der Waals surface area contributed by atoms with Gasteiger partial charge in [0, 0.05) is 29.3 Å². The number of aryl methyl sites for hydroxylation is 1. The van der Waals surface area contributed by atoms with Crippen LogP contribution in [0.2, 0.25) is 20.1 Å². The van der Waals surface area contributed by atoms with Crippen LogP contribution in [0.5, 0.6) is 0 Å². The maximum Gasteiger partial charge on any atom is 0.231 e. The molecule has 1 amide bonds. The van der Waals surface area contributed by atoms with Crippen LogP contribution in [0.1, 0.15) is 33.0 Å². The number of hydrogen-bond acceptors (Lipinski definition) is 3. The highest BCUT2D eigenvalue weighted by Gasteiger charge is 2.67. The first-order valence-corrected chi connectivity index (χ1v) is 12.7. The zero-order valence-corrected chi connectivity index (χ0v) is 22.7. The Morgan fingerprint density at radius 3 is 2.23 bits per heavy atom. The van der Waals surface area contributed by atoms with Crippen molar-refractivity contribution in [2.24, 2.45) is 5.92 Å². The van der Waals surface area contributed by atoms with Crippen LogP contribution in [0.15, 0.2) is 48.5 Å². The van der Waals surface area contributed by atoms with Crippen molar-refractivity contribution in [3.63, 3.8) is 0 Å². The Morgan fingerprint density at radius 1 is 0.943 bits per heavy atom. The van der Waals surface area contributed by atoms with Gasteiger partial charge in [-0.1, -0.05) is 52.5 Å². The van der Waals surface area contributed by atoms with Gasteiger partial charge in [0.1, 0.15) is 4.33 Å². The van der Waals surface area contributed by atoms with E-state index in [0.717, 1.165) is 11.1 Å². The summed E-state index contributed by atoms with van der Waals surface area (Å²) in [5, 5.41) is 3.74. The lowest BCUT2D eigenvalue weighted by Gasteiger charge is -2.11. The van der Waals surface area contributed by atoms with Crippen LogP contribution in [0.4, 0.5) is 11.4 Å². The van der Waals surface area contributed by atoms with Crippen LogP contribution < -0.4 is 11.1 Å². The lowest BCUT2D eigenvalue weighted by Crippen LogP contribution is -2.17. The molecule has 2 unspecified atom stereocenters. The van der Waals surface area contributed by atoms with E-state index in [1.807, 2.05) is 13.0 Å². The molecule has 35 heavy (non-hydrogen) atoms. The molecule has 4 rings (SSSR count). The molecule has 0 aliphatic heterocycles. The van der Waals surface area contributed by atoms with Gasteiger partial charge in [0.05, 0.1) is 26.0 Å². The predicted octanol–water partition coefficient (Wildman–Crippen LogP) is 8.14. The molecule has 3 aromatic carbocycles. The van der Waals surface area contributed by atoms with Gasteiger partial charge in [-0.15, -0.1) is 23.2 Å². The first-order chi connectivity index (χ1) is 16.4. The number of halogens is 6. The van der Waals surface area contributed by atoms with Gasteiger partial charge in [0.15, 0.2) is 5.78 Å². The number of benzene rings is 3. The number of carbonyl (C=O) groups is 2. The van der Waals surface area contributed by atoms with Crippen molar-refractivity contribution < 1.29 is 9.59 Å². The van der Waals surface area contributed by atoms with Gasteiger partial charge in [0.25, 0.3) is 0 Å². The summed E-state index contributed by atoms with van der Waals surface area (Å²) in [6.07, 6.45) is 0.137. The lowest BCUT2D eigenvalue weighted by molar-refractivity contribution is -0.117. The number of nitrogens with two attached hydrogens (primary N) is 1. The number of nitrogen functional groups attached to an aromatic ring is 1. The van der Waals surface area contributed by atoms with E-state index < -0.39 is 22.1 Å². The summed E-state index contributed by atoms with van der Waals surface area (Å²) in [4.78, 5) is 26.0. The number of nitrogens with one attached hydrogen (secondary N) is 1. The highest BCUT2D eigenvalue weighted by molar-refractivity contribution is 6.54. The molecule has 0 bridgehead atoms. The topological polar surface area (TPSA) is 72.2 Å². The number of carbonyl (C=O) groups excluding carboxylic acids is 2. The van der Waals surface area contributed by atoms with E-state index >= 15 is 0 Å². The molecule has 1 saturated carbocycles. The molecule has 0 heterocycles. The molecule has 1 aliphatic rings. The fourth-order valence-corrected chi connectivity index (χ4v) is 5.71. The van der Waals surface area contributed by atoms with E-state index in [-0.39, 0.29) is 37.9 Å². The Bertz CT molecular complexity index is 1330. The van der Waals surface area contributed by atoms with Crippen LogP contribution in [-0.2, 0) is 11.2 Å². The highest BCUT2D eigenvalue weighted by Crippen LogP contribution is 2.65. The molecular weight excluding hydrogens is 573 g/mol. The fraction of sp³-hybridized carbons (Fsp3) is 0.200. The molecule has 182 valence electrons. The Labute approximate surface area is 232 Å². The second-order valence-electron chi connectivity index (χ2n) is 8.40. The molecule has 0 aromatic heterocycles. The average molecular weight is 591 g/mol. The highest BCUT2D eigenvalue weighted by atomic mass is 35.5. The Kier molecular flexibility index (Phi) is 7.55. The fourth-order valence-electron chi connectivity index (χ4n) is 4.04. The normalized spacial score (nSPS) is 18.3. The standard InChI is InChI=1S/C25H18Cl6N2O2/c1-11-6-14(32)3-2-12(11)9-20(34)16-10-15(4-5-17(16)26)33-24(35)22-21(25(22,30)31)13-7-18(27)23(29)19(28)8-13/h2-8,10,21-22H,9,32H2,1H3,(H,33,35). The van der Waals surface area contributed by atoms with Gasteiger partial charge < -0.3 is 11.1 Å². The first kappa shape index (κ1) is 26.4. The first-order valence-electron chi connectivity index (χ1n) is 10.4. The number of rotatable bonds is 6. The Balaban J connectivity index is 1.52. The quantitative estimate of drug-likeness (QED) is 0.132.